The number of aliphatic hydroxyl groups is 1. The third-order valence-corrected chi connectivity index (χ3v) is 2.40. The van der Waals surface area contributed by atoms with Crippen molar-refractivity contribution in [2.24, 2.45) is 5.41 Å². The number of hydrogen-bond donors (Lipinski definition) is 1. The first-order valence-corrected chi connectivity index (χ1v) is 5.08. The molecule has 0 amide bonds. The summed E-state index contributed by atoms with van der Waals surface area (Å²) in [5.41, 5.74) is 1.02. The minimum absolute atomic E-state index is 0.0330. The van der Waals surface area contributed by atoms with Crippen molar-refractivity contribution in [3.8, 4) is 0 Å². The average molecular weight is 193 g/mol. The maximum absolute atomic E-state index is 9.82. The smallest absolute Gasteiger partial charge is 0.0592 e. The summed E-state index contributed by atoms with van der Waals surface area (Å²) in [5.74, 6) is 0. The van der Waals surface area contributed by atoms with E-state index in [1.54, 1.807) is 6.20 Å². The average Bonchev–Trinajstić information content (AvgIpc) is 2.14. The molecule has 1 heterocycles. The van der Waals surface area contributed by atoms with E-state index in [-0.39, 0.29) is 11.5 Å². The molecule has 1 unspecified atom stereocenters. The summed E-state index contributed by atoms with van der Waals surface area (Å²) in [6, 6.07) is 5.88. The maximum Gasteiger partial charge on any atom is 0.0592 e. The Morgan fingerprint density at radius 1 is 1.36 bits per heavy atom. The molecule has 2 heteroatoms. The Labute approximate surface area is 86.0 Å². The Balaban J connectivity index is 2.42. The molecule has 0 aliphatic carbocycles. The van der Waals surface area contributed by atoms with E-state index in [1.165, 1.54) is 0 Å². The van der Waals surface area contributed by atoms with Crippen molar-refractivity contribution < 1.29 is 5.11 Å². The van der Waals surface area contributed by atoms with Gasteiger partial charge in [-0.3, -0.25) is 4.98 Å². The van der Waals surface area contributed by atoms with Crippen LogP contribution in [0.1, 0.15) is 32.9 Å². The highest BCUT2D eigenvalue weighted by molar-refractivity contribution is 5.03. The lowest BCUT2D eigenvalue weighted by molar-refractivity contribution is 0.0558. The first-order valence-electron chi connectivity index (χ1n) is 5.08. The van der Waals surface area contributed by atoms with Crippen LogP contribution in [-0.4, -0.2) is 16.2 Å². The van der Waals surface area contributed by atoms with E-state index in [0.717, 1.165) is 18.5 Å². The minimum Gasteiger partial charge on any atom is -0.393 e. The number of nitrogens with zero attached hydrogens (tertiary/aromatic N) is 1. The molecule has 1 rings (SSSR count). The predicted molar refractivity (Wildman–Crippen MR) is 58.0 cm³/mol. The van der Waals surface area contributed by atoms with Crippen LogP contribution in [0.2, 0.25) is 0 Å². The number of rotatable bonds is 3. The Bertz CT molecular complexity index is 263. The fraction of sp³-hybridized carbons (Fsp3) is 0.583. The molecule has 0 aliphatic heterocycles. The highest BCUT2D eigenvalue weighted by Gasteiger charge is 2.21. The van der Waals surface area contributed by atoms with Crippen LogP contribution in [0, 0.1) is 5.41 Å². The Morgan fingerprint density at radius 3 is 2.57 bits per heavy atom. The monoisotopic (exact) mass is 193 g/mol. The number of pyridine rings is 1. The molecule has 78 valence electrons. The zero-order valence-electron chi connectivity index (χ0n) is 9.20. The molecule has 1 aromatic rings. The molecule has 2 nitrogen and oxygen atoms in total. The van der Waals surface area contributed by atoms with E-state index < -0.39 is 0 Å². The Morgan fingerprint density at radius 2 is 2.07 bits per heavy atom. The summed E-state index contributed by atoms with van der Waals surface area (Å²) >= 11 is 0. The normalized spacial score (nSPS) is 14.0. The summed E-state index contributed by atoms with van der Waals surface area (Å²) in [5, 5.41) is 9.82. The molecule has 0 saturated carbocycles. The molecule has 0 spiro atoms. The van der Waals surface area contributed by atoms with Gasteiger partial charge < -0.3 is 5.11 Å². The van der Waals surface area contributed by atoms with Gasteiger partial charge in [-0.05, 0) is 30.4 Å². The van der Waals surface area contributed by atoms with Crippen LogP contribution in [0.15, 0.2) is 24.4 Å². The van der Waals surface area contributed by atoms with Gasteiger partial charge in [0.05, 0.1) is 6.10 Å². The SMILES string of the molecule is CC(C)(C)C(O)CCc1ccccn1. The zero-order valence-corrected chi connectivity index (χ0v) is 9.20. The summed E-state index contributed by atoms with van der Waals surface area (Å²) < 4.78 is 0. The van der Waals surface area contributed by atoms with E-state index in [4.69, 9.17) is 0 Å². The standard InChI is InChI=1S/C12H19NO/c1-12(2,3)11(14)8-7-10-6-4-5-9-13-10/h4-6,9,11,14H,7-8H2,1-3H3. The van der Waals surface area contributed by atoms with Gasteiger partial charge >= 0.3 is 0 Å². The highest BCUT2D eigenvalue weighted by Crippen LogP contribution is 2.22. The van der Waals surface area contributed by atoms with Crippen LogP contribution in [0.3, 0.4) is 0 Å². The van der Waals surface area contributed by atoms with E-state index >= 15 is 0 Å². The molecule has 1 atom stereocenters. The van der Waals surface area contributed by atoms with Crippen LogP contribution in [0.25, 0.3) is 0 Å². The van der Waals surface area contributed by atoms with Crippen LogP contribution >= 0.6 is 0 Å². The van der Waals surface area contributed by atoms with Crippen molar-refractivity contribution in [3.05, 3.63) is 30.1 Å². The van der Waals surface area contributed by atoms with Crippen molar-refractivity contribution in [1.82, 2.24) is 4.98 Å². The van der Waals surface area contributed by atoms with Gasteiger partial charge in [-0.15, -0.1) is 0 Å². The second-order valence-electron chi connectivity index (χ2n) is 4.74. The quantitative estimate of drug-likeness (QED) is 0.799. The van der Waals surface area contributed by atoms with Gasteiger partial charge in [0.15, 0.2) is 0 Å². The number of aromatic nitrogens is 1. The van der Waals surface area contributed by atoms with E-state index in [2.05, 4.69) is 25.8 Å². The van der Waals surface area contributed by atoms with Gasteiger partial charge in [-0.1, -0.05) is 26.8 Å². The van der Waals surface area contributed by atoms with Gasteiger partial charge in [0.2, 0.25) is 0 Å². The van der Waals surface area contributed by atoms with Gasteiger partial charge in [-0.25, -0.2) is 0 Å². The molecule has 0 saturated heterocycles. The van der Waals surface area contributed by atoms with Crippen LogP contribution in [0.4, 0.5) is 0 Å². The third kappa shape index (κ3) is 3.46. The topological polar surface area (TPSA) is 33.1 Å². The minimum atomic E-state index is -0.260. The molecule has 0 fully saturated rings. The summed E-state index contributed by atoms with van der Waals surface area (Å²) in [7, 11) is 0. The molecule has 0 radical (unpaired) electrons. The summed E-state index contributed by atoms with van der Waals surface area (Å²) in [4.78, 5) is 4.22. The first kappa shape index (κ1) is 11.2. The van der Waals surface area contributed by atoms with E-state index in [1.807, 2.05) is 18.2 Å². The fourth-order valence-corrected chi connectivity index (χ4v) is 1.26. The second-order valence-corrected chi connectivity index (χ2v) is 4.74. The van der Waals surface area contributed by atoms with Crippen LogP contribution < -0.4 is 0 Å². The third-order valence-electron chi connectivity index (χ3n) is 2.40. The zero-order chi connectivity index (χ0) is 10.6. The molecule has 0 aromatic carbocycles. The van der Waals surface area contributed by atoms with Gasteiger partial charge in [0.25, 0.3) is 0 Å². The molecule has 14 heavy (non-hydrogen) atoms. The molecule has 0 aliphatic rings. The van der Waals surface area contributed by atoms with Gasteiger partial charge in [0.1, 0.15) is 0 Å². The lowest BCUT2D eigenvalue weighted by atomic mass is 9.86. The van der Waals surface area contributed by atoms with Crippen molar-refractivity contribution >= 4 is 0 Å². The Hall–Kier alpha value is -0.890. The van der Waals surface area contributed by atoms with Crippen molar-refractivity contribution in [3.63, 3.8) is 0 Å². The fourth-order valence-electron chi connectivity index (χ4n) is 1.26. The summed E-state index contributed by atoms with van der Waals surface area (Å²) in [6.07, 6.45) is 3.16. The van der Waals surface area contributed by atoms with Crippen molar-refractivity contribution in [1.29, 1.82) is 0 Å². The largest absolute Gasteiger partial charge is 0.393 e. The maximum atomic E-state index is 9.82. The molecule has 0 bridgehead atoms. The molecule has 1 aromatic heterocycles. The Kier molecular flexibility index (Phi) is 3.64. The highest BCUT2D eigenvalue weighted by atomic mass is 16.3. The lowest BCUT2D eigenvalue weighted by Crippen LogP contribution is -2.26. The predicted octanol–water partition coefficient (Wildman–Crippen LogP) is 2.42. The van der Waals surface area contributed by atoms with Gasteiger partial charge in [-0.2, -0.15) is 0 Å². The second kappa shape index (κ2) is 4.56. The first-order chi connectivity index (χ1) is 6.50. The molecular weight excluding hydrogens is 174 g/mol. The van der Waals surface area contributed by atoms with E-state index in [0.29, 0.717) is 0 Å². The van der Waals surface area contributed by atoms with Crippen molar-refractivity contribution in [2.45, 2.75) is 39.7 Å². The van der Waals surface area contributed by atoms with Crippen LogP contribution in [0.5, 0.6) is 0 Å². The number of aryl methyl sites for hydroxylation is 1. The van der Waals surface area contributed by atoms with Crippen LogP contribution in [-0.2, 0) is 6.42 Å². The number of aliphatic hydroxyl groups excluding tert-OH is 1. The number of hydrogen-bond acceptors (Lipinski definition) is 2. The molecule has 1 N–H and O–H groups in total. The summed E-state index contributed by atoms with van der Waals surface area (Å²) in [6.45, 7) is 6.16. The van der Waals surface area contributed by atoms with Crippen molar-refractivity contribution in [2.75, 3.05) is 0 Å². The molecular formula is C12H19NO. The van der Waals surface area contributed by atoms with E-state index in [9.17, 15) is 5.11 Å². The lowest BCUT2D eigenvalue weighted by Gasteiger charge is -2.25. The van der Waals surface area contributed by atoms with Gasteiger partial charge in [0, 0.05) is 11.9 Å².